The Balaban J connectivity index is 1.54. The maximum absolute atomic E-state index is 5.26. The molecule has 4 rings (SSSR count). The molecule has 2 heterocycles. The fourth-order valence-corrected chi connectivity index (χ4v) is 3.48. The van der Waals surface area contributed by atoms with Crippen molar-refractivity contribution in [3.63, 3.8) is 0 Å². The topological polar surface area (TPSA) is 51.5 Å². The zero-order valence-corrected chi connectivity index (χ0v) is 16.9. The number of aryl methyl sites for hydroxylation is 1. The highest BCUT2D eigenvalue weighted by Gasteiger charge is 2.10. The molecule has 0 aliphatic rings. The number of ether oxygens (including phenoxy) is 1. The molecule has 0 atom stereocenters. The second-order valence-corrected chi connectivity index (χ2v) is 7.14. The Labute approximate surface area is 171 Å². The molecule has 148 valence electrons. The first-order valence-electron chi connectivity index (χ1n) is 9.98. The van der Waals surface area contributed by atoms with E-state index in [1.807, 2.05) is 48.0 Å². The van der Waals surface area contributed by atoms with E-state index in [0.29, 0.717) is 0 Å². The van der Waals surface area contributed by atoms with Crippen molar-refractivity contribution in [2.45, 2.75) is 19.3 Å². The number of hydrogen-bond donors (Lipinski definition) is 1. The molecule has 0 unspecified atom stereocenters. The zero-order chi connectivity index (χ0) is 20.1. The average Bonchev–Trinajstić information content (AvgIpc) is 3.18. The van der Waals surface area contributed by atoms with Crippen LogP contribution in [0.2, 0.25) is 0 Å². The monoisotopic (exact) mass is 386 g/mol. The molecule has 5 nitrogen and oxygen atoms in total. The number of methoxy groups -OCH3 is 1. The van der Waals surface area contributed by atoms with Gasteiger partial charge in [-0.3, -0.25) is 0 Å². The smallest absolute Gasteiger partial charge is 0.156 e. The van der Waals surface area contributed by atoms with Crippen molar-refractivity contribution < 1.29 is 4.74 Å². The van der Waals surface area contributed by atoms with Gasteiger partial charge in [-0.15, -0.1) is 0 Å². The van der Waals surface area contributed by atoms with Crippen molar-refractivity contribution in [2.75, 3.05) is 20.7 Å². The van der Waals surface area contributed by atoms with Gasteiger partial charge in [0.05, 0.1) is 12.8 Å². The molecule has 2 aromatic heterocycles. The van der Waals surface area contributed by atoms with Crippen molar-refractivity contribution in [2.24, 2.45) is 0 Å². The summed E-state index contributed by atoms with van der Waals surface area (Å²) < 4.78 is 7.18. The number of nitrogens with zero attached hydrogens (tertiary/aromatic N) is 3. The molecule has 4 aromatic rings. The second-order valence-electron chi connectivity index (χ2n) is 7.14. The maximum Gasteiger partial charge on any atom is 0.156 e. The van der Waals surface area contributed by atoms with Gasteiger partial charge in [0, 0.05) is 12.0 Å². The molecule has 1 N–H and O–H groups in total. The van der Waals surface area contributed by atoms with E-state index >= 15 is 0 Å². The van der Waals surface area contributed by atoms with Gasteiger partial charge >= 0.3 is 0 Å². The van der Waals surface area contributed by atoms with Gasteiger partial charge in [-0.05, 0) is 74.0 Å². The van der Waals surface area contributed by atoms with Gasteiger partial charge in [0.25, 0.3) is 0 Å². The van der Waals surface area contributed by atoms with Crippen molar-refractivity contribution >= 4 is 5.65 Å². The van der Waals surface area contributed by atoms with Crippen LogP contribution in [0.15, 0.2) is 66.7 Å². The fraction of sp³-hybridized carbons (Fsp3) is 0.250. The molecule has 0 saturated heterocycles. The highest BCUT2D eigenvalue weighted by molar-refractivity contribution is 5.63. The van der Waals surface area contributed by atoms with Gasteiger partial charge in [-0.2, -0.15) is 5.10 Å². The summed E-state index contributed by atoms with van der Waals surface area (Å²) in [5.41, 5.74) is 5.55. The summed E-state index contributed by atoms with van der Waals surface area (Å²) in [6.07, 6.45) is 2.97. The van der Waals surface area contributed by atoms with Gasteiger partial charge in [-0.1, -0.05) is 30.3 Å². The van der Waals surface area contributed by atoms with Crippen LogP contribution < -0.4 is 10.1 Å². The van der Waals surface area contributed by atoms with Gasteiger partial charge in [0.1, 0.15) is 5.75 Å². The summed E-state index contributed by atoms with van der Waals surface area (Å²) in [7, 11) is 3.67. The minimum atomic E-state index is 0.723. The largest absolute Gasteiger partial charge is 0.497 e. The predicted molar refractivity (Wildman–Crippen MR) is 116 cm³/mol. The van der Waals surface area contributed by atoms with Crippen molar-refractivity contribution in [3.8, 4) is 17.0 Å². The third kappa shape index (κ3) is 4.46. The van der Waals surface area contributed by atoms with E-state index in [1.54, 1.807) is 7.11 Å². The minimum Gasteiger partial charge on any atom is -0.497 e. The normalized spacial score (nSPS) is 11.1. The zero-order valence-electron chi connectivity index (χ0n) is 16.9. The Kier molecular flexibility index (Phi) is 5.86. The first kappa shape index (κ1) is 19.2. The van der Waals surface area contributed by atoms with E-state index in [4.69, 9.17) is 14.8 Å². The quantitative estimate of drug-likeness (QED) is 0.462. The van der Waals surface area contributed by atoms with Crippen LogP contribution in [-0.2, 0) is 12.8 Å². The summed E-state index contributed by atoms with van der Waals surface area (Å²) in [5.74, 6) is 1.67. The van der Waals surface area contributed by atoms with Crippen LogP contribution in [0.4, 0.5) is 0 Å². The maximum atomic E-state index is 5.26. The Bertz CT molecular complexity index is 1070. The van der Waals surface area contributed by atoms with Crippen LogP contribution in [0.1, 0.15) is 23.4 Å². The van der Waals surface area contributed by atoms with E-state index in [9.17, 15) is 0 Å². The number of fused-ring (bicyclic) bond motifs is 1. The van der Waals surface area contributed by atoms with E-state index in [1.165, 1.54) is 11.1 Å². The van der Waals surface area contributed by atoms with Gasteiger partial charge < -0.3 is 10.1 Å². The lowest BCUT2D eigenvalue weighted by molar-refractivity contribution is 0.415. The number of nitrogens with one attached hydrogen (secondary N) is 1. The minimum absolute atomic E-state index is 0.723. The SMILES string of the molecule is CNCCCc1ccc(Cc2nc3cccc(-c4ccc(OC)cc4)n3n2)cc1. The van der Waals surface area contributed by atoms with Crippen molar-refractivity contribution in [3.05, 3.63) is 83.7 Å². The molecule has 0 aliphatic carbocycles. The van der Waals surface area contributed by atoms with Crippen LogP contribution in [-0.4, -0.2) is 35.3 Å². The first-order chi connectivity index (χ1) is 14.3. The molecule has 0 radical (unpaired) electrons. The van der Waals surface area contributed by atoms with Crippen molar-refractivity contribution in [1.82, 2.24) is 19.9 Å². The second kappa shape index (κ2) is 8.88. The summed E-state index contributed by atoms with van der Waals surface area (Å²) in [6, 6.07) is 22.9. The van der Waals surface area contributed by atoms with Crippen molar-refractivity contribution in [1.29, 1.82) is 0 Å². The summed E-state index contributed by atoms with van der Waals surface area (Å²) in [6.45, 7) is 1.05. The highest BCUT2D eigenvalue weighted by atomic mass is 16.5. The Morgan fingerprint density at radius 3 is 2.41 bits per heavy atom. The van der Waals surface area contributed by atoms with Gasteiger partial charge in [0.15, 0.2) is 11.5 Å². The highest BCUT2D eigenvalue weighted by Crippen LogP contribution is 2.23. The van der Waals surface area contributed by atoms with Gasteiger partial charge in [0.2, 0.25) is 0 Å². The number of pyridine rings is 1. The average molecular weight is 386 g/mol. The predicted octanol–water partition coefficient (Wildman–Crippen LogP) is 4.15. The lowest BCUT2D eigenvalue weighted by Crippen LogP contribution is -2.08. The van der Waals surface area contributed by atoms with Crippen LogP contribution in [0.5, 0.6) is 5.75 Å². The van der Waals surface area contributed by atoms with Crippen LogP contribution in [0.3, 0.4) is 0 Å². The molecule has 0 aliphatic heterocycles. The third-order valence-corrected chi connectivity index (χ3v) is 5.07. The van der Waals surface area contributed by atoms with E-state index in [0.717, 1.165) is 54.3 Å². The van der Waals surface area contributed by atoms with Crippen LogP contribution in [0.25, 0.3) is 16.9 Å². The van der Waals surface area contributed by atoms with E-state index < -0.39 is 0 Å². The molecule has 0 spiro atoms. The fourth-order valence-electron chi connectivity index (χ4n) is 3.48. The Morgan fingerprint density at radius 2 is 1.69 bits per heavy atom. The molecule has 5 heteroatoms. The lowest BCUT2D eigenvalue weighted by Gasteiger charge is -2.05. The van der Waals surface area contributed by atoms with Crippen LogP contribution in [0, 0.1) is 0 Å². The molecular formula is C24H26N4O. The molecule has 29 heavy (non-hydrogen) atoms. The number of benzene rings is 2. The van der Waals surface area contributed by atoms with Crippen LogP contribution >= 0.6 is 0 Å². The molecular weight excluding hydrogens is 360 g/mol. The third-order valence-electron chi connectivity index (χ3n) is 5.07. The molecule has 0 bridgehead atoms. The Hall–Kier alpha value is -3.18. The first-order valence-corrected chi connectivity index (χ1v) is 9.98. The lowest BCUT2D eigenvalue weighted by atomic mass is 10.1. The van der Waals surface area contributed by atoms with E-state index in [2.05, 4.69) is 35.6 Å². The number of hydrogen-bond acceptors (Lipinski definition) is 4. The van der Waals surface area contributed by atoms with Gasteiger partial charge in [-0.25, -0.2) is 9.50 Å². The molecule has 2 aromatic carbocycles. The molecule has 0 saturated carbocycles. The summed E-state index contributed by atoms with van der Waals surface area (Å²) in [4.78, 5) is 4.73. The molecule has 0 amide bonds. The summed E-state index contributed by atoms with van der Waals surface area (Å²) >= 11 is 0. The molecule has 0 fully saturated rings. The van der Waals surface area contributed by atoms with E-state index in [-0.39, 0.29) is 0 Å². The Morgan fingerprint density at radius 1 is 0.931 bits per heavy atom. The standard InChI is InChI=1S/C24H26N4O/c1-25-16-4-5-18-8-10-19(11-9-18)17-23-26-24-7-3-6-22(28(24)27-23)20-12-14-21(29-2)15-13-20/h3,6-15,25H,4-5,16-17H2,1-2H3. The number of rotatable bonds is 8. The summed E-state index contributed by atoms with van der Waals surface area (Å²) in [5, 5.41) is 7.97. The number of aromatic nitrogens is 3.